The van der Waals surface area contributed by atoms with Gasteiger partial charge in [-0.3, -0.25) is 0 Å². The normalized spacial score (nSPS) is 19.8. The van der Waals surface area contributed by atoms with Crippen molar-refractivity contribution in [3.63, 3.8) is 0 Å². The minimum Gasteiger partial charge on any atom is -0.491 e. The zero-order valence-corrected chi connectivity index (χ0v) is 11.3. The van der Waals surface area contributed by atoms with E-state index in [0.717, 1.165) is 36.1 Å². The molecule has 1 aliphatic carbocycles. The van der Waals surface area contributed by atoms with Gasteiger partial charge < -0.3 is 19.7 Å². The van der Waals surface area contributed by atoms with Crippen LogP contribution in [0.2, 0.25) is 0 Å². The number of aliphatic hydroxyl groups excluding tert-OH is 2. The Kier molecular flexibility index (Phi) is 5.19. The number of hydrogen-bond donors (Lipinski definition) is 2. The van der Waals surface area contributed by atoms with Crippen molar-refractivity contribution < 1.29 is 19.7 Å². The number of ether oxygens (including phenoxy) is 2. The second kappa shape index (κ2) is 6.89. The summed E-state index contributed by atoms with van der Waals surface area (Å²) in [4.78, 5) is 0. The smallest absolute Gasteiger partial charge is 0.119 e. The molecule has 2 N–H and O–H groups in total. The maximum Gasteiger partial charge on any atom is 0.119 e. The fraction of sp³-hybridized carbons (Fsp3) is 0.600. The zero-order valence-electron chi connectivity index (χ0n) is 11.3. The van der Waals surface area contributed by atoms with Crippen molar-refractivity contribution in [3.05, 3.63) is 29.3 Å². The lowest BCUT2D eigenvalue weighted by Gasteiger charge is -2.22. The Morgan fingerprint density at radius 1 is 1.37 bits per heavy atom. The fourth-order valence-electron chi connectivity index (χ4n) is 2.35. The third-order valence-electron chi connectivity index (χ3n) is 3.35. The Morgan fingerprint density at radius 3 is 3.00 bits per heavy atom. The van der Waals surface area contributed by atoms with Gasteiger partial charge in [0, 0.05) is 6.61 Å². The number of rotatable bonds is 6. The van der Waals surface area contributed by atoms with Crippen LogP contribution in [0.1, 0.15) is 37.0 Å². The predicted octanol–water partition coefficient (Wildman–Crippen LogP) is 1.83. The average Bonchev–Trinajstić information content (AvgIpc) is 2.43. The number of aliphatic hydroxyl groups is 2. The van der Waals surface area contributed by atoms with Crippen LogP contribution < -0.4 is 4.74 Å². The van der Waals surface area contributed by atoms with Crippen LogP contribution in [0.15, 0.2) is 18.2 Å². The Morgan fingerprint density at radius 2 is 2.21 bits per heavy atom. The van der Waals surface area contributed by atoms with E-state index in [9.17, 15) is 10.2 Å². The van der Waals surface area contributed by atoms with E-state index in [0.29, 0.717) is 13.2 Å². The molecule has 0 saturated heterocycles. The molecule has 0 bridgehead atoms. The summed E-state index contributed by atoms with van der Waals surface area (Å²) in [5, 5.41) is 19.5. The van der Waals surface area contributed by atoms with Crippen LogP contribution in [-0.4, -0.2) is 36.1 Å². The van der Waals surface area contributed by atoms with Crippen molar-refractivity contribution in [1.82, 2.24) is 0 Å². The van der Waals surface area contributed by atoms with Crippen LogP contribution in [0.4, 0.5) is 0 Å². The Bertz CT molecular complexity index is 405. The van der Waals surface area contributed by atoms with Crippen molar-refractivity contribution >= 4 is 0 Å². The molecule has 2 atom stereocenters. The van der Waals surface area contributed by atoms with Gasteiger partial charge in [-0.15, -0.1) is 0 Å². The van der Waals surface area contributed by atoms with Gasteiger partial charge in [-0.25, -0.2) is 0 Å². The molecule has 2 unspecified atom stereocenters. The lowest BCUT2D eigenvalue weighted by atomic mass is 9.89. The number of hydrogen-bond acceptors (Lipinski definition) is 4. The third-order valence-corrected chi connectivity index (χ3v) is 3.35. The summed E-state index contributed by atoms with van der Waals surface area (Å²) in [6.45, 7) is 3.00. The molecule has 4 heteroatoms. The SMILES string of the molecule is CCOCC(O)COc1ccc2c(c1)CCCC2O. The summed E-state index contributed by atoms with van der Waals surface area (Å²) < 4.78 is 10.7. The van der Waals surface area contributed by atoms with Crippen LogP contribution >= 0.6 is 0 Å². The molecule has 1 aliphatic rings. The largest absolute Gasteiger partial charge is 0.491 e. The maximum atomic E-state index is 9.87. The van der Waals surface area contributed by atoms with E-state index in [4.69, 9.17) is 9.47 Å². The molecule has 4 nitrogen and oxygen atoms in total. The minimum absolute atomic E-state index is 0.224. The number of aryl methyl sites for hydroxylation is 1. The van der Waals surface area contributed by atoms with Gasteiger partial charge in [0.1, 0.15) is 18.5 Å². The molecule has 19 heavy (non-hydrogen) atoms. The van der Waals surface area contributed by atoms with E-state index in [2.05, 4.69) is 0 Å². The molecular formula is C15H22O4. The molecule has 0 amide bonds. The van der Waals surface area contributed by atoms with Crippen molar-refractivity contribution in [2.24, 2.45) is 0 Å². The number of benzene rings is 1. The molecule has 106 valence electrons. The van der Waals surface area contributed by atoms with Gasteiger partial charge in [-0.2, -0.15) is 0 Å². The summed E-state index contributed by atoms with van der Waals surface area (Å²) >= 11 is 0. The molecular weight excluding hydrogens is 244 g/mol. The fourth-order valence-corrected chi connectivity index (χ4v) is 2.35. The lowest BCUT2D eigenvalue weighted by molar-refractivity contribution is 0.0164. The third kappa shape index (κ3) is 3.93. The quantitative estimate of drug-likeness (QED) is 0.824. The highest BCUT2D eigenvalue weighted by atomic mass is 16.5. The summed E-state index contributed by atoms with van der Waals surface area (Å²) in [5.74, 6) is 0.739. The molecule has 0 saturated carbocycles. The minimum atomic E-state index is -0.610. The predicted molar refractivity (Wildman–Crippen MR) is 72.3 cm³/mol. The Labute approximate surface area is 114 Å². The van der Waals surface area contributed by atoms with E-state index < -0.39 is 6.10 Å². The molecule has 0 aliphatic heterocycles. The monoisotopic (exact) mass is 266 g/mol. The molecule has 0 radical (unpaired) electrons. The average molecular weight is 266 g/mol. The van der Waals surface area contributed by atoms with Crippen LogP contribution in [0, 0.1) is 0 Å². The first kappa shape index (κ1) is 14.3. The first-order valence-corrected chi connectivity index (χ1v) is 6.90. The summed E-state index contributed by atoms with van der Waals surface area (Å²) in [6.07, 6.45) is 1.86. The number of fused-ring (bicyclic) bond motifs is 1. The first-order chi connectivity index (χ1) is 9.20. The van der Waals surface area contributed by atoms with Gasteiger partial charge in [0.25, 0.3) is 0 Å². The first-order valence-electron chi connectivity index (χ1n) is 6.90. The van der Waals surface area contributed by atoms with Gasteiger partial charge in [0.15, 0.2) is 0 Å². The molecule has 0 fully saturated rings. The van der Waals surface area contributed by atoms with Gasteiger partial charge >= 0.3 is 0 Å². The van der Waals surface area contributed by atoms with Crippen LogP contribution in [0.5, 0.6) is 5.75 Å². The zero-order chi connectivity index (χ0) is 13.7. The van der Waals surface area contributed by atoms with E-state index in [1.165, 1.54) is 0 Å². The summed E-state index contributed by atoms with van der Waals surface area (Å²) in [5.41, 5.74) is 2.16. The van der Waals surface area contributed by atoms with Gasteiger partial charge in [0.05, 0.1) is 12.7 Å². The van der Waals surface area contributed by atoms with Crippen LogP contribution in [-0.2, 0) is 11.2 Å². The van der Waals surface area contributed by atoms with Crippen LogP contribution in [0.25, 0.3) is 0 Å². The molecule has 0 aromatic heterocycles. The van der Waals surface area contributed by atoms with E-state index in [1.807, 2.05) is 25.1 Å². The summed E-state index contributed by atoms with van der Waals surface area (Å²) in [7, 11) is 0. The molecule has 2 rings (SSSR count). The van der Waals surface area contributed by atoms with Gasteiger partial charge in [-0.05, 0) is 49.4 Å². The second-order valence-electron chi connectivity index (χ2n) is 4.89. The highest BCUT2D eigenvalue weighted by Gasteiger charge is 2.18. The van der Waals surface area contributed by atoms with Crippen molar-refractivity contribution in [2.45, 2.75) is 38.4 Å². The van der Waals surface area contributed by atoms with Gasteiger partial charge in [-0.1, -0.05) is 6.07 Å². The Balaban J connectivity index is 1.91. The van der Waals surface area contributed by atoms with Crippen LogP contribution in [0.3, 0.4) is 0 Å². The lowest BCUT2D eigenvalue weighted by Crippen LogP contribution is -2.23. The van der Waals surface area contributed by atoms with E-state index >= 15 is 0 Å². The van der Waals surface area contributed by atoms with E-state index in [-0.39, 0.29) is 12.7 Å². The summed E-state index contributed by atoms with van der Waals surface area (Å²) in [6, 6.07) is 5.73. The second-order valence-corrected chi connectivity index (χ2v) is 4.89. The molecule has 0 spiro atoms. The highest BCUT2D eigenvalue weighted by Crippen LogP contribution is 2.31. The topological polar surface area (TPSA) is 58.9 Å². The highest BCUT2D eigenvalue weighted by molar-refractivity contribution is 5.38. The van der Waals surface area contributed by atoms with E-state index in [1.54, 1.807) is 0 Å². The van der Waals surface area contributed by atoms with Crippen molar-refractivity contribution in [2.75, 3.05) is 19.8 Å². The molecule has 0 heterocycles. The Hall–Kier alpha value is -1.10. The van der Waals surface area contributed by atoms with Crippen molar-refractivity contribution in [3.8, 4) is 5.75 Å². The molecule has 1 aromatic carbocycles. The van der Waals surface area contributed by atoms with Crippen molar-refractivity contribution in [1.29, 1.82) is 0 Å². The maximum absolute atomic E-state index is 9.87. The van der Waals surface area contributed by atoms with Gasteiger partial charge in [0.2, 0.25) is 0 Å². The standard InChI is InChI=1S/C15H22O4/c1-2-18-9-12(16)10-19-13-6-7-14-11(8-13)4-3-5-15(14)17/h6-8,12,15-17H,2-5,9-10H2,1H3. The molecule has 1 aromatic rings.